The standard InChI is InChI=1S/C15H26N2O4/c1-15(2,3)21-14(20)16-9-7-11(10-16)17-8-5-4-6-12(17)13(18)19/h11-12H,4-10H2,1-3H3,(H,18,19)/t11-,12-/m0/s1. The molecule has 2 saturated heterocycles. The Kier molecular flexibility index (Phi) is 4.76. The van der Waals surface area contributed by atoms with Crippen molar-refractivity contribution >= 4 is 12.1 Å². The first-order valence-electron chi connectivity index (χ1n) is 7.74. The Morgan fingerprint density at radius 2 is 1.86 bits per heavy atom. The highest BCUT2D eigenvalue weighted by Crippen LogP contribution is 2.26. The van der Waals surface area contributed by atoms with E-state index in [0.717, 1.165) is 25.8 Å². The monoisotopic (exact) mass is 298 g/mol. The van der Waals surface area contributed by atoms with Gasteiger partial charge >= 0.3 is 12.1 Å². The molecule has 2 fully saturated rings. The second kappa shape index (κ2) is 6.22. The molecule has 0 aliphatic carbocycles. The summed E-state index contributed by atoms with van der Waals surface area (Å²) in [6.45, 7) is 7.57. The lowest BCUT2D eigenvalue weighted by Crippen LogP contribution is -2.51. The van der Waals surface area contributed by atoms with Crippen LogP contribution >= 0.6 is 0 Å². The van der Waals surface area contributed by atoms with Crippen LogP contribution in [-0.4, -0.2) is 64.3 Å². The maximum Gasteiger partial charge on any atom is 0.410 e. The highest BCUT2D eigenvalue weighted by Gasteiger charge is 2.38. The summed E-state index contributed by atoms with van der Waals surface area (Å²) in [6.07, 6.45) is 3.23. The number of carbonyl (C=O) groups excluding carboxylic acids is 1. The van der Waals surface area contributed by atoms with E-state index < -0.39 is 17.6 Å². The first kappa shape index (κ1) is 16.1. The molecule has 21 heavy (non-hydrogen) atoms. The molecule has 1 amide bonds. The predicted molar refractivity (Wildman–Crippen MR) is 78.2 cm³/mol. The number of hydrogen-bond acceptors (Lipinski definition) is 4. The topological polar surface area (TPSA) is 70.1 Å². The van der Waals surface area contributed by atoms with Crippen LogP contribution in [0.5, 0.6) is 0 Å². The molecule has 0 aromatic carbocycles. The molecule has 2 atom stereocenters. The quantitative estimate of drug-likeness (QED) is 0.843. The summed E-state index contributed by atoms with van der Waals surface area (Å²) in [5, 5.41) is 9.35. The molecule has 2 aliphatic heterocycles. The zero-order chi connectivity index (χ0) is 15.6. The zero-order valence-corrected chi connectivity index (χ0v) is 13.2. The van der Waals surface area contributed by atoms with E-state index >= 15 is 0 Å². The van der Waals surface area contributed by atoms with Crippen LogP contribution < -0.4 is 0 Å². The van der Waals surface area contributed by atoms with E-state index in [4.69, 9.17) is 4.74 Å². The molecule has 2 aliphatic rings. The van der Waals surface area contributed by atoms with Gasteiger partial charge in [-0.2, -0.15) is 0 Å². The molecule has 0 bridgehead atoms. The molecular weight excluding hydrogens is 272 g/mol. The lowest BCUT2D eigenvalue weighted by atomic mass is 9.99. The molecule has 0 aromatic rings. The fraction of sp³-hybridized carbons (Fsp3) is 0.867. The van der Waals surface area contributed by atoms with Gasteiger partial charge in [-0.05, 0) is 46.6 Å². The minimum absolute atomic E-state index is 0.138. The number of nitrogens with zero attached hydrogens (tertiary/aromatic N) is 2. The van der Waals surface area contributed by atoms with Gasteiger partial charge < -0.3 is 14.7 Å². The summed E-state index contributed by atoms with van der Waals surface area (Å²) < 4.78 is 5.38. The highest BCUT2D eigenvalue weighted by molar-refractivity contribution is 5.73. The maximum atomic E-state index is 12.1. The number of carbonyl (C=O) groups is 2. The van der Waals surface area contributed by atoms with E-state index in [1.54, 1.807) is 4.90 Å². The third kappa shape index (κ3) is 4.09. The van der Waals surface area contributed by atoms with Crippen LogP contribution in [0.3, 0.4) is 0 Å². The number of ether oxygens (including phenoxy) is 1. The van der Waals surface area contributed by atoms with Crippen LogP contribution in [0.4, 0.5) is 4.79 Å². The van der Waals surface area contributed by atoms with Crippen LogP contribution in [0.15, 0.2) is 0 Å². The molecule has 2 rings (SSSR count). The summed E-state index contributed by atoms with van der Waals surface area (Å²) in [5.74, 6) is -0.745. The molecule has 0 radical (unpaired) electrons. The van der Waals surface area contributed by atoms with Crippen molar-refractivity contribution in [3.8, 4) is 0 Å². The molecule has 0 unspecified atom stereocenters. The van der Waals surface area contributed by atoms with E-state index in [1.165, 1.54) is 0 Å². The van der Waals surface area contributed by atoms with E-state index in [-0.39, 0.29) is 12.1 Å². The number of piperidine rings is 1. The Labute approximate surface area is 126 Å². The molecule has 6 heteroatoms. The van der Waals surface area contributed by atoms with Crippen molar-refractivity contribution in [2.45, 2.75) is 64.1 Å². The number of amides is 1. The van der Waals surface area contributed by atoms with Crippen LogP contribution in [0.1, 0.15) is 46.5 Å². The summed E-state index contributed by atoms with van der Waals surface area (Å²) >= 11 is 0. The Bertz CT molecular complexity index is 405. The highest BCUT2D eigenvalue weighted by atomic mass is 16.6. The molecule has 0 aromatic heterocycles. The van der Waals surface area contributed by atoms with Crippen LogP contribution in [0.25, 0.3) is 0 Å². The summed E-state index contributed by atoms with van der Waals surface area (Å²) in [5.41, 5.74) is -0.496. The summed E-state index contributed by atoms with van der Waals surface area (Å²) in [4.78, 5) is 27.2. The lowest BCUT2D eigenvalue weighted by molar-refractivity contribution is -0.145. The van der Waals surface area contributed by atoms with E-state index in [0.29, 0.717) is 19.5 Å². The van der Waals surface area contributed by atoms with E-state index in [9.17, 15) is 14.7 Å². The number of rotatable bonds is 2. The minimum atomic E-state index is -0.745. The van der Waals surface area contributed by atoms with Crippen LogP contribution in [0, 0.1) is 0 Å². The molecule has 6 nitrogen and oxygen atoms in total. The molecule has 0 spiro atoms. The van der Waals surface area contributed by atoms with Crippen molar-refractivity contribution in [2.24, 2.45) is 0 Å². The van der Waals surface area contributed by atoms with Gasteiger partial charge in [0, 0.05) is 19.1 Å². The van der Waals surface area contributed by atoms with Crippen molar-refractivity contribution in [1.82, 2.24) is 9.80 Å². The van der Waals surface area contributed by atoms with Crippen molar-refractivity contribution in [2.75, 3.05) is 19.6 Å². The number of aliphatic carboxylic acids is 1. The van der Waals surface area contributed by atoms with Gasteiger partial charge in [0.05, 0.1) is 0 Å². The fourth-order valence-electron chi connectivity index (χ4n) is 3.16. The Hall–Kier alpha value is -1.30. The Balaban J connectivity index is 1.95. The van der Waals surface area contributed by atoms with Gasteiger partial charge in [-0.25, -0.2) is 4.79 Å². The zero-order valence-electron chi connectivity index (χ0n) is 13.2. The molecule has 1 N–H and O–H groups in total. The Morgan fingerprint density at radius 1 is 1.14 bits per heavy atom. The average Bonchev–Trinajstić information content (AvgIpc) is 2.86. The second-order valence-corrected chi connectivity index (χ2v) is 6.96. The predicted octanol–water partition coefficient (Wildman–Crippen LogP) is 1.93. The van der Waals surface area contributed by atoms with Crippen molar-refractivity contribution < 1.29 is 19.4 Å². The molecular formula is C15H26N2O4. The third-order valence-corrected chi connectivity index (χ3v) is 4.11. The van der Waals surface area contributed by atoms with E-state index in [1.807, 2.05) is 20.8 Å². The maximum absolute atomic E-state index is 12.1. The minimum Gasteiger partial charge on any atom is -0.480 e. The second-order valence-electron chi connectivity index (χ2n) is 6.96. The van der Waals surface area contributed by atoms with Gasteiger partial charge in [-0.15, -0.1) is 0 Å². The molecule has 0 saturated carbocycles. The number of carboxylic acid groups (broad SMARTS) is 1. The lowest BCUT2D eigenvalue weighted by Gasteiger charge is -2.37. The average molecular weight is 298 g/mol. The van der Waals surface area contributed by atoms with Gasteiger partial charge in [0.15, 0.2) is 0 Å². The van der Waals surface area contributed by atoms with Crippen molar-refractivity contribution in [3.05, 3.63) is 0 Å². The summed E-state index contributed by atoms with van der Waals surface area (Å²) in [6, 6.07) is -0.263. The van der Waals surface area contributed by atoms with Crippen LogP contribution in [-0.2, 0) is 9.53 Å². The van der Waals surface area contributed by atoms with Gasteiger partial charge in [-0.1, -0.05) is 6.42 Å². The van der Waals surface area contributed by atoms with Crippen molar-refractivity contribution in [3.63, 3.8) is 0 Å². The van der Waals surface area contributed by atoms with Crippen molar-refractivity contribution in [1.29, 1.82) is 0 Å². The van der Waals surface area contributed by atoms with Gasteiger partial charge in [0.1, 0.15) is 11.6 Å². The largest absolute Gasteiger partial charge is 0.480 e. The smallest absolute Gasteiger partial charge is 0.410 e. The first-order chi connectivity index (χ1) is 9.78. The molecule has 120 valence electrons. The summed E-state index contributed by atoms with van der Waals surface area (Å²) in [7, 11) is 0. The third-order valence-electron chi connectivity index (χ3n) is 4.11. The van der Waals surface area contributed by atoms with Gasteiger partial charge in [-0.3, -0.25) is 9.69 Å². The normalized spacial score (nSPS) is 27.7. The van der Waals surface area contributed by atoms with Gasteiger partial charge in [0.2, 0.25) is 0 Å². The van der Waals surface area contributed by atoms with Crippen LogP contribution in [0.2, 0.25) is 0 Å². The number of carboxylic acids is 1. The first-order valence-corrected chi connectivity index (χ1v) is 7.74. The van der Waals surface area contributed by atoms with E-state index in [2.05, 4.69) is 4.90 Å². The number of likely N-dealkylation sites (tertiary alicyclic amines) is 2. The SMILES string of the molecule is CC(C)(C)OC(=O)N1CC[C@H](N2CCCC[C@H]2C(=O)O)C1. The Morgan fingerprint density at radius 3 is 2.48 bits per heavy atom. The molecule has 2 heterocycles. The number of hydrogen-bond donors (Lipinski definition) is 1. The van der Waals surface area contributed by atoms with Gasteiger partial charge in [0.25, 0.3) is 0 Å². The fourth-order valence-corrected chi connectivity index (χ4v) is 3.16.